The molecule has 6 nitrogen and oxygen atoms in total. The molecule has 0 radical (unpaired) electrons. The molecule has 1 aromatic heterocycles. The number of aliphatic hydroxyl groups is 1. The summed E-state index contributed by atoms with van der Waals surface area (Å²) in [7, 11) is 3.21. The predicted octanol–water partition coefficient (Wildman–Crippen LogP) is 1.15. The largest absolute Gasteiger partial charge is 0.496 e. The number of hydrogen-bond donors (Lipinski definition) is 1. The van der Waals surface area contributed by atoms with Crippen molar-refractivity contribution in [3.05, 3.63) is 34.6 Å². The fraction of sp³-hybridized carbons (Fsp3) is 0.364. The molecule has 1 N–H and O–H groups in total. The Morgan fingerprint density at radius 2 is 2.28 bits per heavy atom. The highest BCUT2D eigenvalue weighted by molar-refractivity contribution is 6.30. The fourth-order valence-electron chi connectivity index (χ4n) is 1.65. The van der Waals surface area contributed by atoms with Gasteiger partial charge in [-0.3, -0.25) is 0 Å². The van der Waals surface area contributed by atoms with Gasteiger partial charge in [-0.25, -0.2) is 0 Å². The number of aromatic nitrogens is 4. The number of tetrazole rings is 1. The maximum atomic E-state index is 10.2. The van der Waals surface area contributed by atoms with E-state index in [0.717, 1.165) is 0 Å². The SMILES string of the molecule is COc1ccc(Cl)cc1C(O)Cc1nnn(C)n1. The summed E-state index contributed by atoms with van der Waals surface area (Å²) in [6.45, 7) is 0. The third kappa shape index (κ3) is 2.77. The van der Waals surface area contributed by atoms with E-state index in [-0.39, 0.29) is 6.42 Å². The van der Waals surface area contributed by atoms with Crippen LogP contribution in [0.3, 0.4) is 0 Å². The molecular weight excluding hydrogens is 256 g/mol. The van der Waals surface area contributed by atoms with E-state index < -0.39 is 6.10 Å². The Morgan fingerprint density at radius 3 is 2.89 bits per heavy atom. The van der Waals surface area contributed by atoms with Crippen molar-refractivity contribution >= 4 is 11.6 Å². The zero-order valence-electron chi connectivity index (χ0n) is 10.0. The number of ether oxygens (including phenoxy) is 1. The summed E-state index contributed by atoms with van der Waals surface area (Å²) < 4.78 is 5.18. The van der Waals surface area contributed by atoms with Gasteiger partial charge < -0.3 is 9.84 Å². The summed E-state index contributed by atoms with van der Waals surface area (Å²) >= 11 is 5.91. The number of methoxy groups -OCH3 is 1. The Labute approximate surface area is 109 Å². The van der Waals surface area contributed by atoms with E-state index in [1.165, 1.54) is 4.80 Å². The van der Waals surface area contributed by atoms with Gasteiger partial charge in [-0.1, -0.05) is 11.6 Å². The minimum absolute atomic E-state index is 0.255. The van der Waals surface area contributed by atoms with Crippen LogP contribution >= 0.6 is 11.6 Å². The molecule has 0 saturated heterocycles. The van der Waals surface area contributed by atoms with Crippen LogP contribution in [0.4, 0.5) is 0 Å². The van der Waals surface area contributed by atoms with Crippen molar-refractivity contribution < 1.29 is 9.84 Å². The Morgan fingerprint density at radius 1 is 1.50 bits per heavy atom. The van der Waals surface area contributed by atoms with Crippen molar-refractivity contribution in [2.24, 2.45) is 7.05 Å². The molecule has 1 aromatic carbocycles. The first-order valence-corrected chi connectivity index (χ1v) is 5.72. The summed E-state index contributed by atoms with van der Waals surface area (Å²) in [4.78, 5) is 1.34. The molecule has 0 amide bonds. The summed E-state index contributed by atoms with van der Waals surface area (Å²) in [5.41, 5.74) is 0.609. The van der Waals surface area contributed by atoms with Gasteiger partial charge in [0.2, 0.25) is 0 Å². The molecule has 1 unspecified atom stereocenters. The first-order chi connectivity index (χ1) is 8.60. The molecule has 7 heteroatoms. The average Bonchev–Trinajstić information content (AvgIpc) is 2.74. The van der Waals surface area contributed by atoms with Crippen molar-refractivity contribution in [3.8, 4) is 5.75 Å². The molecule has 1 atom stereocenters. The van der Waals surface area contributed by atoms with E-state index in [1.54, 1.807) is 32.4 Å². The second-order valence-electron chi connectivity index (χ2n) is 3.80. The van der Waals surface area contributed by atoms with E-state index in [2.05, 4.69) is 15.4 Å². The van der Waals surface area contributed by atoms with Gasteiger partial charge in [-0.05, 0) is 23.4 Å². The summed E-state index contributed by atoms with van der Waals surface area (Å²) in [6, 6.07) is 5.09. The van der Waals surface area contributed by atoms with Gasteiger partial charge in [0.25, 0.3) is 0 Å². The maximum absolute atomic E-state index is 10.2. The van der Waals surface area contributed by atoms with E-state index in [4.69, 9.17) is 16.3 Å². The molecule has 0 fully saturated rings. The maximum Gasteiger partial charge on any atom is 0.177 e. The smallest absolute Gasteiger partial charge is 0.177 e. The van der Waals surface area contributed by atoms with E-state index in [1.807, 2.05) is 0 Å². The molecule has 0 spiro atoms. The molecule has 2 aromatic rings. The lowest BCUT2D eigenvalue weighted by molar-refractivity contribution is 0.171. The highest BCUT2D eigenvalue weighted by Crippen LogP contribution is 2.29. The van der Waals surface area contributed by atoms with Crippen molar-refractivity contribution in [1.82, 2.24) is 20.2 Å². The molecule has 18 heavy (non-hydrogen) atoms. The lowest BCUT2D eigenvalue weighted by atomic mass is 10.1. The Hall–Kier alpha value is -1.66. The number of hydrogen-bond acceptors (Lipinski definition) is 5. The topological polar surface area (TPSA) is 73.1 Å². The summed E-state index contributed by atoms with van der Waals surface area (Å²) in [5.74, 6) is 1.04. The van der Waals surface area contributed by atoms with Crippen LogP contribution in [0, 0.1) is 0 Å². The quantitative estimate of drug-likeness (QED) is 0.900. The fourth-order valence-corrected chi connectivity index (χ4v) is 1.83. The minimum Gasteiger partial charge on any atom is -0.496 e. The molecule has 96 valence electrons. The van der Waals surface area contributed by atoms with Crippen LogP contribution in [0.25, 0.3) is 0 Å². The van der Waals surface area contributed by atoms with Gasteiger partial charge in [0.05, 0.1) is 20.3 Å². The standard InChI is InChI=1S/C11H13ClN4O2/c1-16-14-11(13-15-16)6-9(17)8-5-7(12)3-4-10(8)18-2/h3-5,9,17H,6H2,1-2H3. The molecule has 0 bridgehead atoms. The van der Waals surface area contributed by atoms with Gasteiger partial charge in [0, 0.05) is 17.0 Å². The van der Waals surface area contributed by atoms with Gasteiger partial charge in [-0.2, -0.15) is 4.80 Å². The number of rotatable bonds is 4. The molecule has 0 saturated carbocycles. The first-order valence-electron chi connectivity index (χ1n) is 5.34. The highest BCUT2D eigenvalue weighted by Gasteiger charge is 2.16. The third-order valence-electron chi connectivity index (χ3n) is 2.48. The lowest BCUT2D eigenvalue weighted by Crippen LogP contribution is -2.06. The molecule has 0 aliphatic carbocycles. The van der Waals surface area contributed by atoms with E-state index >= 15 is 0 Å². The number of halogens is 1. The molecule has 0 aliphatic heterocycles. The Bertz CT molecular complexity index is 544. The van der Waals surface area contributed by atoms with Gasteiger partial charge in [-0.15, -0.1) is 10.2 Å². The normalized spacial score (nSPS) is 12.4. The van der Waals surface area contributed by atoms with Crippen LogP contribution < -0.4 is 4.74 Å². The van der Waals surface area contributed by atoms with Gasteiger partial charge >= 0.3 is 0 Å². The van der Waals surface area contributed by atoms with Crippen molar-refractivity contribution in [2.75, 3.05) is 7.11 Å². The number of aryl methyl sites for hydroxylation is 1. The Balaban J connectivity index is 2.22. The summed E-state index contributed by atoms with van der Waals surface area (Å²) in [6.07, 6.45) is -0.535. The zero-order chi connectivity index (χ0) is 13.1. The molecular formula is C11H13ClN4O2. The van der Waals surface area contributed by atoms with Crippen LogP contribution in [0.15, 0.2) is 18.2 Å². The van der Waals surface area contributed by atoms with Crippen molar-refractivity contribution in [2.45, 2.75) is 12.5 Å². The zero-order valence-corrected chi connectivity index (χ0v) is 10.8. The first kappa shape index (κ1) is 12.8. The average molecular weight is 269 g/mol. The second kappa shape index (κ2) is 5.32. The Kier molecular flexibility index (Phi) is 3.78. The van der Waals surface area contributed by atoms with Crippen molar-refractivity contribution in [3.63, 3.8) is 0 Å². The van der Waals surface area contributed by atoms with Crippen molar-refractivity contribution in [1.29, 1.82) is 0 Å². The van der Waals surface area contributed by atoms with Gasteiger partial charge in [0.1, 0.15) is 5.75 Å². The number of nitrogens with zero attached hydrogens (tertiary/aromatic N) is 4. The number of benzene rings is 1. The van der Waals surface area contributed by atoms with Crippen LogP contribution in [0.1, 0.15) is 17.5 Å². The summed E-state index contributed by atoms with van der Waals surface area (Å²) in [5, 5.41) is 22.3. The van der Waals surface area contributed by atoms with Gasteiger partial charge in [0.15, 0.2) is 5.82 Å². The lowest BCUT2D eigenvalue weighted by Gasteiger charge is -2.13. The monoisotopic (exact) mass is 268 g/mol. The molecule has 2 rings (SSSR count). The third-order valence-corrected chi connectivity index (χ3v) is 2.71. The van der Waals surface area contributed by atoms with Crippen LogP contribution in [-0.2, 0) is 13.5 Å². The second-order valence-corrected chi connectivity index (χ2v) is 4.24. The minimum atomic E-state index is -0.789. The van der Waals surface area contributed by atoms with Crippen LogP contribution in [0.5, 0.6) is 5.75 Å². The van der Waals surface area contributed by atoms with E-state index in [0.29, 0.717) is 22.2 Å². The molecule has 0 aliphatic rings. The van der Waals surface area contributed by atoms with Crippen LogP contribution in [-0.4, -0.2) is 32.4 Å². The van der Waals surface area contributed by atoms with Crippen LogP contribution in [0.2, 0.25) is 5.02 Å². The number of aliphatic hydroxyl groups excluding tert-OH is 1. The highest BCUT2D eigenvalue weighted by atomic mass is 35.5. The van der Waals surface area contributed by atoms with E-state index in [9.17, 15) is 5.11 Å². The predicted molar refractivity (Wildman–Crippen MR) is 65.5 cm³/mol. The molecule has 1 heterocycles.